The number of ether oxygens (including phenoxy) is 1. The largest absolute Gasteiger partial charge is 0.378 e. The van der Waals surface area contributed by atoms with Crippen molar-refractivity contribution in [2.45, 2.75) is 30.5 Å². The van der Waals surface area contributed by atoms with Gasteiger partial charge in [-0.15, -0.1) is 11.3 Å². The Kier molecular flexibility index (Phi) is 6.86. The first kappa shape index (κ1) is 21.1. The van der Waals surface area contributed by atoms with Crippen molar-refractivity contribution >= 4 is 44.9 Å². The molecule has 0 N–H and O–H groups in total. The zero-order chi connectivity index (χ0) is 20.9. The molecule has 0 radical (unpaired) electrons. The maximum Gasteiger partial charge on any atom is 0.233 e. The summed E-state index contributed by atoms with van der Waals surface area (Å²) in [5.74, 6) is 0.457. The normalized spacial score (nSPS) is 16.1. The predicted octanol–water partition coefficient (Wildman–Crippen LogP) is 4.06. The van der Waals surface area contributed by atoms with Crippen LogP contribution in [0.25, 0.3) is 10.2 Å². The van der Waals surface area contributed by atoms with Gasteiger partial charge in [0.05, 0.1) is 11.9 Å². The van der Waals surface area contributed by atoms with Crippen molar-refractivity contribution in [1.29, 1.82) is 0 Å². The summed E-state index contributed by atoms with van der Waals surface area (Å²) < 4.78 is 5.81. The molecular formula is C22H26N4O2S2. The maximum absolute atomic E-state index is 13.2. The molecule has 158 valence electrons. The molecule has 1 aliphatic heterocycles. The molecule has 6 nitrogen and oxygen atoms in total. The number of rotatable bonds is 8. The molecule has 2 aromatic heterocycles. The average molecular weight is 443 g/mol. The van der Waals surface area contributed by atoms with Gasteiger partial charge in [-0.1, -0.05) is 23.9 Å². The van der Waals surface area contributed by atoms with Gasteiger partial charge < -0.3 is 14.5 Å². The minimum Gasteiger partial charge on any atom is -0.378 e. The summed E-state index contributed by atoms with van der Waals surface area (Å²) in [6.45, 7) is 2.01. The van der Waals surface area contributed by atoms with Gasteiger partial charge in [-0.2, -0.15) is 0 Å². The van der Waals surface area contributed by atoms with Gasteiger partial charge in [0.25, 0.3) is 0 Å². The van der Waals surface area contributed by atoms with Crippen LogP contribution in [-0.2, 0) is 16.1 Å². The maximum atomic E-state index is 13.2. The highest BCUT2D eigenvalue weighted by Gasteiger charge is 2.23. The number of carbonyl (C=O) groups excluding carboxylic acids is 1. The molecule has 30 heavy (non-hydrogen) atoms. The Labute approximate surface area is 185 Å². The Morgan fingerprint density at radius 2 is 2.07 bits per heavy atom. The molecule has 1 aromatic carbocycles. The van der Waals surface area contributed by atoms with E-state index in [0.717, 1.165) is 45.9 Å². The number of hydrogen-bond donors (Lipinski definition) is 0. The number of fused-ring (bicyclic) bond motifs is 1. The number of benzene rings is 1. The first-order valence-corrected chi connectivity index (χ1v) is 11.9. The molecule has 1 aliphatic rings. The molecule has 0 saturated carbocycles. The molecule has 3 aromatic rings. The molecule has 1 saturated heterocycles. The highest BCUT2D eigenvalue weighted by atomic mass is 32.2. The van der Waals surface area contributed by atoms with Gasteiger partial charge in [0.1, 0.15) is 16.2 Å². The van der Waals surface area contributed by atoms with E-state index in [1.807, 2.05) is 30.4 Å². The molecule has 1 atom stereocenters. The Morgan fingerprint density at radius 3 is 2.80 bits per heavy atom. The van der Waals surface area contributed by atoms with Crippen LogP contribution < -0.4 is 4.90 Å². The van der Waals surface area contributed by atoms with Crippen LogP contribution in [-0.4, -0.2) is 59.9 Å². The minimum atomic E-state index is 0.106. The molecule has 3 heterocycles. The van der Waals surface area contributed by atoms with Gasteiger partial charge in [-0.25, -0.2) is 9.97 Å². The third-order valence-electron chi connectivity index (χ3n) is 5.18. The molecule has 0 unspecified atom stereocenters. The topological polar surface area (TPSA) is 58.6 Å². The molecule has 8 heteroatoms. The fraction of sp³-hybridized carbons (Fsp3) is 0.409. The number of aromatic nitrogens is 2. The van der Waals surface area contributed by atoms with E-state index >= 15 is 0 Å². The Morgan fingerprint density at radius 1 is 1.23 bits per heavy atom. The number of nitrogens with zero attached hydrogens (tertiary/aromatic N) is 4. The summed E-state index contributed by atoms with van der Waals surface area (Å²) in [4.78, 5) is 26.8. The SMILES string of the molecule is CN(C)c1ccc(CN(C[C@@H]2CCCO2)C(=O)CSc2ncnc3sccc23)cc1. The Hall–Kier alpha value is -2.16. The van der Waals surface area contributed by atoms with Crippen molar-refractivity contribution in [2.24, 2.45) is 0 Å². The lowest BCUT2D eigenvalue weighted by Gasteiger charge is -2.26. The van der Waals surface area contributed by atoms with Crippen LogP contribution in [0.1, 0.15) is 18.4 Å². The number of anilines is 1. The van der Waals surface area contributed by atoms with Crippen molar-refractivity contribution in [3.63, 3.8) is 0 Å². The molecule has 1 fully saturated rings. The van der Waals surface area contributed by atoms with Crippen LogP contribution in [0.5, 0.6) is 0 Å². The van der Waals surface area contributed by atoms with E-state index in [1.165, 1.54) is 11.8 Å². The first-order chi connectivity index (χ1) is 14.6. The number of thiophene rings is 1. The van der Waals surface area contributed by atoms with Crippen LogP contribution >= 0.6 is 23.1 Å². The summed E-state index contributed by atoms with van der Waals surface area (Å²) in [7, 11) is 4.05. The predicted molar refractivity (Wildman–Crippen MR) is 123 cm³/mol. The second-order valence-corrected chi connectivity index (χ2v) is 9.44. The van der Waals surface area contributed by atoms with Crippen LogP contribution in [0.15, 0.2) is 47.1 Å². The van der Waals surface area contributed by atoms with Gasteiger partial charge in [-0.3, -0.25) is 4.79 Å². The second kappa shape index (κ2) is 9.76. The van der Waals surface area contributed by atoms with Crippen LogP contribution in [0.4, 0.5) is 5.69 Å². The molecule has 0 bridgehead atoms. The second-order valence-electron chi connectivity index (χ2n) is 7.58. The lowest BCUT2D eigenvalue weighted by molar-refractivity contribution is -0.130. The van der Waals surface area contributed by atoms with E-state index in [4.69, 9.17) is 4.74 Å². The third-order valence-corrected chi connectivity index (χ3v) is 7.00. The average Bonchev–Trinajstić information content (AvgIpc) is 3.44. The highest BCUT2D eigenvalue weighted by molar-refractivity contribution is 8.00. The van der Waals surface area contributed by atoms with E-state index in [0.29, 0.717) is 18.8 Å². The van der Waals surface area contributed by atoms with E-state index in [9.17, 15) is 4.79 Å². The highest BCUT2D eigenvalue weighted by Crippen LogP contribution is 2.28. The zero-order valence-electron chi connectivity index (χ0n) is 17.3. The number of carbonyl (C=O) groups is 1. The number of thioether (sulfide) groups is 1. The van der Waals surface area contributed by atoms with Crippen molar-refractivity contribution < 1.29 is 9.53 Å². The molecule has 0 spiro atoms. The number of amides is 1. The molecule has 4 rings (SSSR count). The number of hydrogen-bond acceptors (Lipinski definition) is 7. The van der Waals surface area contributed by atoms with Gasteiger partial charge in [0, 0.05) is 44.9 Å². The first-order valence-electron chi connectivity index (χ1n) is 10.1. The minimum absolute atomic E-state index is 0.106. The van der Waals surface area contributed by atoms with E-state index in [1.54, 1.807) is 17.7 Å². The van der Waals surface area contributed by atoms with Gasteiger partial charge in [0.15, 0.2) is 0 Å². The summed E-state index contributed by atoms with van der Waals surface area (Å²) in [5.41, 5.74) is 2.27. The van der Waals surface area contributed by atoms with Crippen molar-refractivity contribution in [2.75, 3.05) is 37.9 Å². The summed E-state index contributed by atoms with van der Waals surface area (Å²) in [5, 5.41) is 3.89. The van der Waals surface area contributed by atoms with E-state index in [-0.39, 0.29) is 12.0 Å². The smallest absolute Gasteiger partial charge is 0.233 e. The quantitative estimate of drug-likeness (QED) is 0.387. The summed E-state index contributed by atoms with van der Waals surface area (Å²) in [6.07, 6.45) is 3.78. The van der Waals surface area contributed by atoms with Gasteiger partial charge in [0.2, 0.25) is 5.91 Å². The fourth-order valence-electron chi connectivity index (χ4n) is 3.51. The van der Waals surface area contributed by atoms with Crippen LogP contribution in [0, 0.1) is 0 Å². The van der Waals surface area contributed by atoms with Crippen LogP contribution in [0.3, 0.4) is 0 Å². The van der Waals surface area contributed by atoms with Gasteiger partial charge >= 0.3 is 0 Å². The summed E-state index contributed by atoms with van der Waals surface area (Å²) >= 11 is 3.07. The third kappa shape index (κ3) is 5.11. The fourth-order valence-corrected chi connectivity index (χ4v) is 5.19. The van der Waals surface area contributed by atoms with Crippen molar-refractivity contribution in [3.05, 3.63) is 47.6 Å². The summed E-state index contributed by atoms with van der Waals surface area (Å²) in [6, 6.07) is 10.4. The Balaban J connectivity index is 1.45. The van der Waals surface area contributed by atoms with Crippen molar-refractivity contribution in [3.8, 4) is 0 Å². The Bertz CT molecular complexity index is 984. The molecule has 0 aliphatic carbocycles. The van der Waals surface area contributed by atoms with Gasteiger partial charge in [-0.05, 0) is 42.0 Å². The zero-order valence-corrected chi connectivity index (χ0v) is 18.9. The standard InChI is InChI=1S/C22H26N4O2S2/c1-25(2)17-7-5-16(6-8-17)12-26(13-18-4-3-10-28-18)20(27)14-30-22-19-9-11-29-21(19)23-15-24-22/h5-9,11,15,18H,3-4,10,12-14H2,1-2H3/t18-/m0/s1. The monoisotopic (exact) mass is 442 g/mol. The lowest BCUT2D eigenvalue weighted by atomic mass is 10.1. The molecule has 1 amide bonds. The van der Waals surface area contributed by atoms with E-state index < -0.39 is 0 Å². The lowest BCUT2D eigenvalue weighted by Crippen LogP contribution is -2.38. The molecular weight excluding hydrogens is 416 g/mol. The van der Waals surface area contributed by atoms with Crippen molar-refractivity contribution in [1.82, 2.24) is 14.9 Å². The van der Waals surface area contributed by atoms with E-state index in [2.05, 4.69) is 39.1 Å². The van der Waals surface area contributed by atoms with Crippen LogP contribution in [0.2, 0.25) is 0 Å².